The zero-order valence-electron chi connectivity index (χ0n) is 12.6. The van der Waals surface area contributed by atoms with Crippen LogP contribution in [-0.4, -0.2) is 6.21 Å². The Bertz CT molecular complexity index is 801. The average Bonchev–Trinajstić information content (AvgIpc) is 2.61. The number of nitrogens with zero attached hydrogens (tertiary/aromatic N) is 1. The number of hydrogen-bond donors (Lipinski definition) is 0. The van der Waals surface area contributed by atoms with Crippen LogP contribution >= 0.6 is 0 Å². The van der Waals surface area contributed by atoms with Gasteiger partial charge in [-0.25, -0.2) is 4.39 Å². The second kappa shape index (κ2) is 7.32. The van der Waals surface area contributed by atoms with Gasteiger partial charge in [0.25, 0.3) is 0 Å². The molecule has 0 saturated heterocycles. The SMILES string of the molecule is Fc1ccc(C=Nc2ccc(/C=C/c3ccccc3)cc2)cc1. The number of benzene rings is 3. The first kappa shape index (κ1) is 14.9. The van der Waals surface area contributed by atoms with Gasteiger partial charge >= 0.3 is 0 Å². The molecule has 0 aliphatic heterocycles. The van der Waals surface area contributed by atoms with E-state index in [2.05, 4.69) is 29.3 Å². The van der Waals surface area contributed by atoms with Crippen LogP contribution in [0, 0.1) is 5.82 Å². The fraction of sp³-hybridized carbons (Fsp3) is 0. The first-order valence-electron chi connectivity index (χ1n) is 7.42. The first-order chi connectivity index (χ1) is 11.3. The van der Waals surface area contributed by atoms with Crippen molar-refractivity contribution in [1.29, 1.82) is 0 Å². The molecule has 1 nitrogen and oxygen atoms in total. The largest absolute Gasteiger partial charge is 0.256 e. The lowest BCUT2D eigenvalue weighted by Gasteiger charge is -1.97. The fourth-order valence-electron chi connectivity index (χ4n) is 2.13. The van der Waals surface area contributed by atoms with Gasteiger partial charge in [-0.1, -0.05) is 66.7 Å². The van der Waals surface area contributed by atoms with E-state index >= 15 is 0 Å². The van der Waals surface area contributed by atoms with E-state index in [1.807, 2.05) is 42.5 Å². The van der Waals surface area contributed by atoms with Crippen molar-refractivity contribution in [3.05, 3.63) is 101 Å². The highest BCUT2D eigenvalue weighted by Crippen LogP contribution is 2.15. The smallest absolute Gasteiger partial charge is 0.123 e. The molecular weight excluding hydrogens is 285 g/mol. The molecule has 2 heteroatoms. The summed E-state index contributed by atoms with van der Waals surface area (Å²) in [6.07, 6.45) is 5.88. The third-order valence-electron chi connectivity index (χ3n) is 3.39. The third kappa shape index (κ3) is 4.48. The second-order valence-corrected chi connectivity index (χ2v) is 5.15. The summed E-state index contributed by atoms with van der Waals surface area (Å²) in [4.78, 5) is 4.39. The van der Waals surface area contributed by atoms with E-state index in [0.29, 0.717) is 0 Å². The van der Waals surface area contributed by atoms with Crippen molar-refractivity contribution in [2.24, 2.45) is 4.99 Å². The van der Waals surface area contributed by atoms with Crippen LogP contribution in [0.2, 0.25) is 0 Å². The van der Waals surface area contributed by atoms with Crippen molar-refractivity contribution in [2.75, 3.05) is 0 Å². The van der Waals surface area contributed by atoms with Crippen LogP contribution < -0.4 is 0 Å². The third-order valence-corrected chi connectivity index (χ3v) is 3.39. The van der Waals surface area contributed by atoms with Gasteiger partial charge < -0.3 is 0 Å². The van der Waals surface area contributed by atoms with E-state index in [4.69, 9.17) is 0 Å². The molecular formula is C21H16FN. The number of halogens is 1. The minimum Gasteiger partial charge on any atom is -0.256 e. The van der Waals surface area contributed by atoms with E-state index in [0.717, 1.165) is 16.8 Å². The van der Waals surface area contributed by atoms with Gasteiger partial charge in [-0.05, 0) is 41.0 Å². The van der Waals surface area contributed by atoms with Crippen molar-refractivity contribution in [2.45, 2.75) is 0 Å². The maximum Gasteiger partial charge on any atom is 0.123 e. The number of hydrogen-bond acceptors (Lipinski definition) is 1. The van der Waals surface area contributed by atoms with Gasteiger partial charge in [-0.15, -0.1) is 0 Å². The maximum atomic E-state index is 12.8. The molecule has 3 aromatic carbocycles. The molecule has 23 heavy (non-hydrogen) atoms. The van der Waals surface area contributed by atoms with Crippen molar-refractivity contribution in [1.82, 2.24) is 0 Å². The van der Waals surface area contributed by atoms with Gasteiger partial charge in [0, 0.05) is 6.21 Å². The van der Waals surface area contributed by atoms with Crippen molar-refractivity contribution in [3.8, 4) is 0 Å². The summed E-state index contributed by atoms with van der Waals surface area (Å²) < 4.78 is 12.8. The van der Waals surface area contributed by atoms with Crippen LogP contribution in [0.1, 0.15) is 16.7 Å². The highest BCUT2D eigenvalue weighted by molar-refractivity contribution is 5.82. The molecule has 0 spiro atoms. The van der Waals surface area contributed by atoms with Crippen LogP contribution in [0.5, 0.6) is 0 Å². The lowest BCUT2D eigenvalue weighted by molar-refractivity contribution is 0.628. The van der Waals surface area contributed by atoms with Crippen LogP contribution in [0.15, 0.2) is 83.9 Å². The van der Waals surface area contributed by atoms with E-state index < -0.39 is 0 Å². The van der Waals surface area contributed by atoms with E-state index in [1.165, 1.54) is 17.7 Å². The fourth-order valence-corrected chi connectivity index (χ4v) is 2.13. The molecule has 0 bridgehead atoms. The Kier molecular flexibility index (Phi) is 4.75. The minimum atomic E-state index is -0.239. The molecule has 0 aliphatic rings. The Labute approximate surface area is 135 Å². The standard InChI is InChI=1S/C21H16FN/c22-20-12-8-19(9-13-20)16-23-21-14-10-18(11-15-21)7-6-17-4-2-1-3-5-17/h1-16H/b7-6+,23-16?. The van der Waals surface area contributed by atoms with Crippen LogP contribution in [0.3, 0.4) is 0 Å². The average molecular weight is 301 g/mol. The summed E-state index contributed by atoms with van der Waals surface area (Å²) in [5.74, 6) is -0.239. The molecule has 0 unspecified atom stereocenters. The quantitative estimate of drug-likeness (QED) is 0.430. The Balaban J connectivity index is 1.67. The molecule has 0 atom stereocenters. The molecule has 0 N–H and O–H groups in total. The van der Waals surface area contributed by atoms with Crippen molar-refractivity contribution < 1.29 is 4.39 Å². The van der Waals surface area contributed by atoms with Gasteiger partial charge in [0.05, 0.1) is 5.69 Å². The Morgan fingerprint density at radius 1 is 0.609 bits per heavy atom. The van der Waals surface area contributed by atoms with Gasteiger partial charge in [0.1, 0.15) is 5.82 Å². The normalized spacial score (nSPS) is 11.3. The molecule has 112 valence electrons. The Hall–Kier alpha value is -3.00. The van der Waals surface area contributed by atoms with E-state index in [1.54, 1.807) is 18.3 Å². The monoisotopic (exact) mass is 301 g/mol. The predicted octanol–water partition coefficient (Wildman–Crippen LogP) is 5.75. The molecule has 3 aromatic rings. The topological polar surface area (TPSA) is 12.4 Å². The lowest BCUT2D eigenvalue weighted by atomic mass is 10.1. The Morgan fingerprint density at radius 3 is 1.83 bits per heavy atom. The zero-order valence-corrected chi connectivity index (χ0v) is 12.6. The Morgan fingerprint density at radius 2 is 1.17 bits per heavy atom. The van der Waals surface area contributed by atoms with Crippen LogP contribution in [0.4, 0.5) is 10.1 Å². The molecule has 0 fully saturated rings. The summed E-state index contributed by atoms with van der Waals surface area (Å²) in [7, 11) is 0. The summed E-state index contributed by atoms with van der Waals surface area (Å²) in [6, 6.07) is 24.4. The highest BCUT2D eigenvalue weighted by atomic mass is 19.1. The van der Waals surface area contributed by atoms with E-state index in [-0.39, 0.29) is 5.82 Å². The molecule has 3 rings (SSSR count). The second-order valence-electron chi connectivity index (χ2n) is 5.15. The summed E-state index contributed by atoms with van der Waals surface area (Å²) >= 11 is 0. The molecule has 0 aromatic heterocycles. The van der Waals surface area contributed by atoms with Crippen molar-refractivity contribution in [3.63, 3.8) is 0 Å². The first-order valence-corrected chi connectivity index (χ1v) is 7.42. The maximum absolute atomic E-state index is 12.8. The van der Waals surface area contributed by atoms with Gasteiger partial charge in [0.15, 0.2) is 0 Å². The molecule has 0 aliphatic carbocycles. The van der Waals surface area contributed by atoms with Crippen LogP contribution in [-0.2, 0) is 0 Å². The summed E-state index contributed by atoms with van der Waals surface area (Å²) in [5.41, 5.74) is 4.03. The van der Waals surface area contributed by atoms with Crippen LogP contribution in [0.25, 0.3) is 12.2 Å². The van der Waals surface area contributed by atoms with Gasteiger partial charge in [-0.2, -0.15) is 0 Å². The predicted molar refractivity (Wildman–Crippen MR) is 95.5 cm³/mol. The summed E-state index contributed by atoms with van der Waals surface area (Å²) in [5, 5.41) is 0. The minimum absolute atomic E-state index is 0.239. The van der Waals surface area contributed by atoms with Gasteiger partial charge in [-0.3, -0.25) is 4.99 Å². The molecule has 0 radical (unpaired) electrons. The molecule has 0 heterocycles. The highest BCUT2D eigenvalue weighted by Gasteiger charge is 1.92. The van der Waals surface area contributed by atoms with Gasteiger partial charge in [0.2, 0.25) is 0 Å². The molecule has 0 saturated carbocycles. The van der Waals surface area contributed by atoms with Crippen molar-refractivity contribution >= 4 is 24.1 Å². The lowest BCUT2D eigenvalue weighted by Crippen LogP contribution is -1.81. The number of aliphatic imine (C=N–C) groups is 1. The molecule has 0 amide bonds. The summed E-state index contributed by atoms with van der Waals surface area (Å²) in [6.45, 7) is 0. The van der Waals surface area contributed by atoms with E-state index in [9.17, 15) is 4.39 Å². The number of rotatable bonds is 4. The zero-order chi connectivity index (χ0) is 15.9.